The Balaban J connectivity index is 1.26. The molecule has 5 heterocycles. The van der Waals surface area contributed by atoms with Crippen molar-refractivity contribution in [2.45, 2.75) is 43.0 Å². The van der Waals surface area contributed by atoms with Gasteiger partial charge in [-0.2, -0.15) is 0 Å². The van der Waals surface area contributed by atoms with Gasteiger partial charge in [0.15, 0.2) is 17.7 Å². The third-order valence-electron chi connectivity index (χ3n) is 6.24. The molecule has 2 aliphatic rings. The molecule has 2 saturated heterocycles. The van der Waals surface area contributed by atoms with Gasteiger partial charge in [-0.25, -0.2) is 19.7 Å². The lowest BCUT2D eigenvalue weighted by Gasteiger charge is -2.27. The summed E-state index contributed by atoms with van der Waals surface area (Å²) >= 11 is 5.16. The molecule has 5 rings (SSSR count). The zero-order chi connectivity index (χ0) is 27.9. The molecule has 1 radical (unpaired) electrons. The summed E-state index contributed by atoms with van der Waals surface area (Å²) in [4.78, 5) is 48.8. The molecule has 19 heteroatoms. The minimum absolute atomic E-state index is 0.189. The predicted molar refractivity (Wildman–Crippen MR) is 134 cm³/mol. The highest BCUT2D eigenvalue weighted by Crippen LogP contribution is 2.49. The first kappa shape index (κ1) is 27.9. The van der Waals surface area contributed by atoms with Crippen LogP contribution in [0.1, 0.15) is 12.5 Å². The molecule has 0 spiro atoms. The van der Waals surface area contributed by atoms with Crippen molar-refractivity contribution in [3.8, 4) is 0 Å². The number of ether oxygens (including phenoxy) is 3. The molecule has 2 aliphatic heterocycles. The quantitative estimate of drug-likeness (QED) is 0.170. The Morgan fingerprint density at radius 3 is 2.72 bits per heavy atom. The standard InChI is InChI=1S/C20H25N7O10PS/c1-33-16-15(10(5-28)36-19(16)26-3-2-12(30)25-20(26)31)37-38(32,39)34-6-11-9(29)4-13(35-11)27-8-24-14-17(21)22-7-23-18(14)27/h2-4,7-11,13,15-16,19,28-29H,5-6H2,1H3,(H,32,39)(H2,21,22,23)(H,25,30,31)/t9-,10-,11-,13-,15+,16?,19-,38?/m1/s1. The van der Waals surface area contributed by atoms with E-state index in [0.717, 1.165) is 10.6 Å². The van der Waals surface area contributed by atoms with Crippen LogP contribution >= 0.6 is 6.72 Å². The van der Waals surface area contributed by atoms with E-state index >= 15 is 0 Å². The molecule has 3 aromatic rings. The smallest absolute Gasteiger partial charge is 0.330 e. The predicted octanol–water partition coefficient (Wildman–Crippen LogP) is -2.06. The summed E-state index contributed by atoms with van der Waals surface area (Å²) in [6.07, 6.45) is -1.79. The maximum absolute atomic E-state index is 12.3. The van der Waals surface area contributed by atoms with Gasteiger partial charge in [-0.15, -0.1) is 0 Å². The number of H-pyrrole nitrogens is 1. The Morgan fingerprint density at radius 1 is 1.21 bits per heavy atom. The maximum Gasteiger partial charge on any atom is 0.330 e. The molecule has 6 N–H and O–H groups in total. The van der Waals surface area contributed by atoms with Crippen molar-refractivity contribution in [3.05, 3.63) is 52.2 Å². The van der Waals surface area contributed by atoms with E-state index in [1.54, 1.807) is 4.57 Å². The van der Waals surface area contributed by atoms with Crippen molar-refractivity contribution in [1.82, 2.24) is 29.1 Å². The Kier molecular flexibility index (Phi) is 7.93. The van der Waals surface area contributed by atoms with Crippen LogP contribution in [0.3, 0.4) is 0 Å². The van der Waals surface area contributed by atoms with Gasteiger partial charge >= 0.3 is 12.4 Å². The van der Waals surface area contributed by atoms with Crippen molar-refractivity contribution in [2.24, 2.45) is 0 Å². The van der Waals surface area contributed by atoms with Gasteiger partial charge in [0.05, 0.1) is 25.6 Å². The Labute approximate surface area is 224 Å². The van der Waals surface area contributed by atoms with Gasteiger partial charge < -0.3 is 39.6 Å². The first-order chi connectivity index (χ1) is 18.6. The fourth-order valence-corrected chi connectivity index (χ4v) is 5.83. The van der Waals surface area contributed by atoms with Gasteiger partial charge in [0.1, 0.15) is 42.5 Å². The number of rotatable bonds is 9. The van der Waals surface area contributed by atoms with E-state index in [9.17, 15) is 24.7 Å². The maximum atomic E-state index is 12.3. The summed E-state index contributed by atoms with van der Waals surface area (Å²) in [7, 11) is 1.31. The number of aromatic amines is 1. The number of anilines is 1. The van der Waals surface area contributed by atoms with Crippen LogP contribution in [0.4, 0.5) is 5.82 Å². The molecule has 211 valence electrons. The van der Waals surface area contributed by atoms with E-state index < -0.39 is 67.6 Å². The molecule has 17 nitrogen and oxygen atoms in total. The van der Waals surface area contributed by atoms with Crippen molar-refractivity contribution in [3.63, 3.8) is 0 Å². The number of methoxy groups -OCH3 is 1. The van der Waals surface area contributed by atoms with Gasteiger partial charge in [0.25, 0.3) is 5.56 Å². The lowest BCUT2D eigenvalue weighted by Crippen LogP contribution is -2.40. The largest absolute Gasteiger partial charge is 0.394 e. The van der Waals surface area contributed by atoms with E-state index in [1.165, 1.54) is 32.4 Å². The van der Waals surface area contributed by atoms with Crippen LogP contribution in [-0.2, 0) is 35.1 Å². The zero-order valence-corrected chi connectivity index (χ0v) is 21.9. The molecule has 2 fully saturated rings. The average Bonchev–Trinajstić information content (AvgIpc) is 3.58. The van der Waals surface area contributed by atoms with Crippen molar-refractivity contribution >= 4 is 35.5 Å². The summed E-state index contributed by atoms with van der Waals surface area (Å²) in [5.41, 5.74) is 5.20. The minimum Gasteiger partial charge on any atom is -0.394 e. The second kappa shape index (κ2) is 11.1. The molecule has 8 atom stereocenters. The van der Waals surface area contributed by atoms with Gasteiger partial charge in [-0.05, 0) is 11.8 Å². The molecule has 0 saturated carbocycles. The van der Waals surface area contributed by atoms with Crippen LogP contribution in [0.2, 0.25) is 0 Å². The first-order valence-electron chi connectivity index (χ1n) is 11.5. The van der Waals surface area contributed by atoms with Crippen LogP contribution in [0.5, 0.6) is 0 Å². The van der Waals surface area contributed by atoms with Gasteiger partial charge in [-0.1, -0.05) is 0 Å². The van der Waals surface area contributed by atoms with Crippen molar-refractivity contribution in [2.75, 3.05) is 26.1 Å². The molecule has 0 aromatic carbocycles. The second-order valence-corrected chi connectivity index (χ2v) is 11.4. The van der Waals surface area contributed by atoms with Crippen LogP contribution in [0.15, 0.2) is 34.5 Å². The number of imidazole rings is 1. The Hall–Kier alpha value is -2.64. The second-order valence-electron chi connectivity index (χ2n) is 8.63. The van der Waals surface area contributed by atoms with Crippen molar-refractivity contribution in [1.29, 1.82) is 0 Å². The number of fused-ring (bicyclic) bond motifs is 1. The summed E-state index contributed by atoms with van der Waals surface area (Å²) in [6, 6.07) is 1.12. The number of nitrogens with zero attached hydrogens (tertiary/aromatic N) is 5. The highest BCUT2D eigenvalue weighted by atomic mass is 32.5. The van der Waals surface area contributed by atoms with Gasteiger partial charge in [-0.3, -0.25) is 23.4 Å². The van der Waals surface area contributed by atoms with E-state index in [4.69, 9.17) is 40.8 Å². The molecular formula is C20H25N7O10PS. The fourth-order valence-electron chi connectivity index (χ4n) is 4.39. The summed E-state index contributed by atoms with van der Waals surface area (Å²) in [5.74, 6) is 0.189. The van der Waals surface area contributed by atoms with E-state index in [2.05, 4.69) is 19.9 Å². The Bertz CT molecular complexity index is 1500. The molecule has 0 aliphatic carbocycles. The lowest BCUT2D eigenvalue weighted by molar-refractivity contribution is -0.0625. The summed E-state index contributed by atoms with van der Waals surface area (Å²) in [5, 5.41) is 20.3. The molecular weight excluding hydrogens is 561 g/mol. The monoisotopic (exact) mass is 586 g/mol. The third-order valence-corrected chi connectivity index (χ3v) is 7.80. The number of nitrogens with two attached hydrogens (primary N) is 1. The fraction of sp³-hybridized carbons (Fsp3) is 0.500. The number of aliphatic hydroxyl groups excluding tert-OH is 2. The molecule has 0 bridgehead atoms. The Morgan fingerprint density at radius 2 is 2.00 bits per heavy atom. The van der Waals surface area contributed by atoms with Crippen LogP contribution < -0.4 is 17.0 Å². The van der Waals surface area contributed by atoms with Gasteiger partial charge in [0, 0.05) is 25.8 Å². The molecule has 2 unspecified atom stereocenters. The first-order valence-corrected chi connectivity index (χ1v) is 14.1. The number of nitrogen functional groups attached to an aromatic ring is 1. The summed E-state index contributed by atoms with van der Waals surface area (Å²) in [6.45, 7) is -4.95. The number of hydrogen-bond donors (Lipinski definition) is 5. The summed E-state index contributed by atoms with van der Waals surface area (Å²) < 4.78 is 30.7. The van der Waals surface area contributed by atoms with Crippen LogP contribution in [0.25, 0.3) is 11.2 Å². The zero-order valence-electron chi connectivity index (χ0n) is 20.2. The minimum atomic E-state index is -4.03. The molecule has 39 heavy (non-hydrogen) atoms. The number of aromatic nitrogens is 6. The highest BCUT2D eigenvalue weighted by Gasteiger charge is 2.49. The van der Waals surface area contributed by atoms with Crippen LogP contribution in [0, 0.1) is 6.42 Å². The third kappa shape index (κ3) is 5.53. The van der Waals surface area contributed by atoms with Gasteiger partial charge in [0.2, 0.25) is 0 Å². The number of aliphatic hydroxyl groups is 2. The average molecular weight is 587 g/mol. The van der Waals surface area contributed by atoms with E-state index in [1.807, 2.05) is 0 Å². The van der Waals surface area contributed by atoms with E-state index in [0.29, 0.717) is 11.2 Å². The van der Waals surface area contributed by atoms with Crippen molar-refractivity contribution < 1.29 is 38.4 Å². The normalized spacial score (nSPS) is 30.6. The number of nitrogens with one attached hydrogen (secondary N) is 1. The number of hydrogen-bond acceptors (Lipinski definition) is 14. The topological polar surface area (TPSA) is 231 Å². The van der Waals surface area contributed by atoms with Crippen LogP contribution in [-0.4, -0.2) is 95.0 Å². The lowest BCUT2D eigenvalue weighted by atomic mass is 10.1. The SMILES string of the molecule is COC1[C@@H](OP(O)(=S)OC[C@H]2O[C@@H](n3cnc4c(N)ncnc43)[CH][C@H]2O)[C@@H](CO)O[C@H]1n1ccc(=O)[nH]c1=O. The highest BCUT2D eigenvalue weighted by molar-refractivity contribution is 8.07. The molecule has 0 amide bonds. The molecule has 3 aromatic heterocycles. The van der Waals surface area contributed by atoms with E-state index in [-0.39, 0.29) is 12.4 Å².